The van der Waals surface area contributed by atoms with Crippen LogP contribution in [0.25, 0.3) is 5.69 Å². The summed E-state index contributed by atoms with van der Waals surface area (Å²) in [6.07, 6.45) is -2.44. The molecule has 2 heterocycles. The van der Waals surface area contributed by atoms with Crippen molar-refractivity contribution in [2.45, 2.75) is 38.8 Å². The minimum Gasteiger partial charge on any atom is -0.294 e. The first-order chi connectivity index (χ1) is 14.1. The van der Waals surface area contributed by atoms with Crippen LogP contribution in [0.2, 0.25) is 0 Å². The average Bonchev–Trinajstić information content (AvgIpc) is 3.37. The number of rotatable bonds is 5. The maximum atomic E-state index is 13.0. The molecule has 0 spiro atoms. The maximum absolute atomic E-state index is 13.0. The normalized spacial score (nSPS) is 14.0. The van der Waals surface area contributed by atoms with Crippen LogP contribution in [-0.2, 0) is 11.0 Å². The van der Waals surface area contributed by atoms with Gasteiger partial charge in [-0.25, -0.2) is 4.68 Å². The fourth-order valence-corrected chi connectivity index (χ4v) is 3.99. The highest BCUT2D eigenvalue weighted by Crippen LogP contribution is 2.42. The first-order valence-electron chi connectivity index (χ1n) is 9.08. The van der Waals surface area contributed by atoms with Crippen molar-refractivity contribution in [3.63, 3.8) is 0 Å². The van der Waals surface area contributed by atoms with Crippen molar-refractivity contribution < 1.29 is 22.8 Å². The number of Topliss-reactive ketones (excluding diaryl/α,β-unsaturated/α-hetero) is 1. The number of hydrogen-bond donors (Lipinski definition) is 1. The van der Waals surface area contributed by atoms with Gasteiger partial charge in [0.25, 0.3) is 11.7 Å². The van der Waals surface area contributed by atoms with Crippen molar-refractivity contribution in [1.82, 2.24) is 20.0 Å². The fraction of sp³-hybridized carbons (Fsp3) is 0.316. The van der Waals surface area contributed by atoms with Gasteiger partial charge in [-0.15, -0.1) is 10.2 Å². The second kappa shape index (κ2) is 7.31. The number of carbonyl (C=O) groups excluding carboxylic acids is 2. The van der Waals surface area contributed by atoms with Crippen LogP contribution in [-0.4, -0.2) is 31.7 Å². The number of halogens is 3. The van der Waals surface area contributed by atoms with E-state index < -0.39 is 23.4 Å². The SMILES string of the molecule is Cc1nn(-c2cccc(C(F)(F)F)c2)c(C)c1C(=O)C(=O)Nc1nnc(C2CC2)s1. The lowest BCUT2D eigenvalue weighted by molar-refractivity contribution is -0.137. The largest absolute Gasteiger partial charge is 0.416 e. The van der Waals surface area contributed by atoms with Gasteiger partial charge < -0.3 is 0 Å². The number of amides is 1. The van der Waals surface area contributed by atoms with Crippen LogP contribution in [0.3, 0.4) is 0 Å². The maximum Gasteiger partial charge on any atom is 0.416 e. The Balaban J connectivity index is 1.59. The van der Waals surface area contributed by atoms with Gasteiger partial charge in [0.15, 0.2) is 0 Å². The van der Waals surface area contributed by atoms with E-state index >= 15 is 0 Å². The van der Waals surface area contributed by atoms with Crippen molar-refractivity contribution in [2.75, 3.05) is 5.32 Å². The number of aromatic nitrogens is 4. The second-order valence-corrected chi connectivity index (χ2v) is 8.02. The van der Waals surface area contributed by atoms with Crippen LogP contribution in [0.4, 0.5) is 18.3 Å². The van der Waals surface area contributed by atoms with E-state index in [0.29, 0.717) is 5.92 Å². The third-order valence-corrected chi connectivity index (χ3v) is 5.73. The summed E-state index contributed by atoms with van der Waals surface area (Å²) in [4.78, 5) is 25.2. The van der Waals surface area contributed by atoms with E-state index in [0.717, 1.165) is 30.0 Å². The first kappa shape index (κ1) is 20.2. The second-order valence-electron chi connectivity index (χ2n) is 7.01. The van der Waals surface area contributed by atoms with Gasteiger partial charge in [-0.05, 0) is 44.9 Å². The summed E-state index contributed by atoms with van der Waals surface area (Å²) in [5.41, 5.74) is -0.148. The molecule has 1 aliphatic rings. The first-order valence-corrected chi connectivity index (χ1v) is 9.89. The molecule has 0 radical (unpaired) electrons. The molecule has 0 aliphatic heterocycles. The molecule has 1 N–H and O–H groups in total. The van der Waals surface area contributed by atoms with Crippen molar-refractivity contribution in [3.8, 4) is 5.69 Å². The minimum atomic E-state index is -4.51. The lowest BCUT2D eigenvalue weighted by Gasteiger charge is -2.10. The third kappa shape index (κ3) is 3.84. The molecule has 1 aromatic carbocycles. The van der Waals surface area contributed by atoms with Gasteiger partial charge >= 0.3 is 6.18 Å². The highest BCUT2D eigenvalue weighted by Gasteiger charge is 2.32. The highest BCUT2D eigenvalue weighted by molar-refractivity contribution is 7.15. The molecule has 1 amide bonds. The molecule has 7 nitrogen and oxygen atoms in total. The standard InChI is InChI=1S/C19H16F3N5O2S/c1-9-14(15(28)16(29)23-18-25-24-17(30-18)11-6-7-11)10(2)27(26-9)13-5-3-4-12(8-13)19(20,21)22/h3-5,8,11H,6-7H2,1-2H3,(H,23,25,29). The van der Waals surface area contributed by atoms with E-state index in [-0.39, 0.29) is 27.8 Å². The fourth-order valence-electron chi connectivity index (χ4n) is 3.08. The number of benzene rings is 1. The predicted molar refractivity (Wildman–Crippen MR) is 103 cm³/mol. The molecule has 1 aliphatic carbocycles. The number of hydrogen-bond acceptors (Lipinski definition) is 6. The van der Waals surface area contributed by atoms with Crippen LogP contribution in [0.15, 0.2) is 24.3 Å². The van der Waals surface area contributed by atoms with Crippen LogP contribution in [0.5, 0.6) is 0 Å². The monoisotopic (exact) mass is 435 g/mol. The summed E-state index contributed by atoms with van der Waals surface area (Å²) >= 11 is 1.22. The summed E-state index contributed by atoms with van der Waals surface area (Å²) in [5.74, 6) is -1.37. The number of aryl methyl sites for hydroxylation is 1. The van der Waals surface area contributed by atoms with Gasteiger partial charge in [-0.3, -0.25) is 14.9 Å². The Hall–Kier alpha value is -3.08. The summed E-state index contributed by atoms with van der Waals surface area (Å²) in [6, 6.07) is 4.60. The number of alkyl halides is 3. The van der Waals surface area contributed by atoms with E-state index in [1.54, 1.807) is 0 Å². The lowest BCUT2D eigenvalue weighted by Crippen LogP contribution is -2.24. The number of anilines is 1. The average molecular weight is 435 g/mol. The molecule has 0 bridgehead atoms. The zero-order chi connectivity index (χ0) is 21.6. The molecule has 3 aromatic rings. The summed E-state index contributed by atoms with van der Waals surface area (Å²) in [6.45, 7) is 3.05. The molecule has 4 rings (SSSR count). The van der Waals surface area contributed by atoms with Crippen LogP contribution in [0.1, 0.15) is 51.1 Å². The topological polar surface area (TPSA) is 89.8 Å². The zero-order valence-corrected chi connectivity index (χ0v) is 16.8. The van der Waals surface area contributed by atoms with Crippen LogP contribution >= 0.6 is 11.3 Å². The Kier molecular flexibility index (Phi) is 4.92. The van der Waals surface area contributed by atoms with E-state index in [9.17, 15) is 22.8 Å². The molecule has 1 fully saturated rings. The molecule has 0 unspecified atom stereocenters. The number of nitrogens with zero attached hydrogens (tertiary/aromatic N) is 4. The van der Waals surface area contributed by atoms with Crippen LogP contribution in [0, 0.1) is 13.8 Å². The molecule has 0 saturated heterocycles. The molecular formula is C19H16F3N5O2S. The highest BCUT2D eigenvalue weighted by atomic mass is 32.1. The summed E-state index contributed by atoms with van der Waals surface area (Å²) < 4.78 is 40.3. The lowest BCUT2D eigenvalue weighted by atomic mass is 10.1. The Bertz CT molecular complexity index is 1150. The Morgan fingerprint density at radius 1 is 1.20 bits per heavy atom. The van der Waals surface area contributed by atoms with Crippen molar-refractivity contribution in [2.24, 2.45) is 0 Å². The van der Waals surface area contributed by atoms with E-state index in [1.165, 1.54) is 42.0 Å². The smallest absolute Gasteiger partial charge is 0.294 e. The molecule has 11 heteroatoms. The molecule has 0 atom stereocenters. The van der Waals surface area contributed by atoms with Crippen LogP contribution < -0.4 is 5.32 Å². The predicted octanol–water partition coefficient (Wildman–Crippen LogP) is 4.06. The Morgan fingerprint density at radius 3 is 2.60 bits per heavy atom. The van der Waals surface area contributed by atoms with Gasteiger partial charge in [-0.2, -0.15) is 18.3 Å². The van der Waals surface area contributed by atoms with Crippen molar-refractivity contribution >= 4 is 28.2 Å². The Morgan fingerprint density at radius 2 is 1.93 bits per heavy atom. The van der Waals surface area contributed by atoms with Gasteiger partial charge in [-0.1, -0.05) is 17.4 Å². The Labute approximate surface area is 172 Å². The number of nitrogens with one attached hydrogen (secondary N) is 1. The van der Waals surface area contributed by atoms with Crippen molar-refractivity contribution in [1.29, 1.82) is 0 Å². The van der Waals surface area contributed by atoms with Gasteiger partial charge in [0.2, 0.25) is 5.13 Å². The van der Waals surface area contributed by atoms with E-state index in [2.05, 4.69) is 20.6 Å². The molecule has 156 valence electrons. The number of carbonyl (C=O) groups is 2. The third-order valence-electron chi connectivity index (χ3n) is 4.73. The van der Waals surface area contributed by atoms with Crippen molar-refractivity contribution in [3.05, 3.63) is 51.8 Å². The van der Waals surface area contributed by atoms with E-state index in [4.69, 9.17) is 0 Å². The molecule has 1 saturated carbocycles. The summed E-state index contributed by atoms with van der Waals surface area (Å²) in [7, 11) is 0. The van der Waals surface area contributed by atoms with E-state index in [1.807, 2.05) is 0 Å². The quantitative estimate of drug-likeness (QED) is 0.482. The molecule has 30 heavy (non-hydrogen) atoms. The van der Waals surface area contributed by atoms with Gasteiger partial charge in [0.1, 0.15) is 5.01 Å². The summed E-state index contributed by atoms with van der Waals surface area (Å²) in [5, 5.41) is 15.6. The number of ketones is 1. The van der Waals surface area contributed by atoms with Gasteiger partial charge in [0, 0.05) is 5.92 Å². The van der Waals surface area contributed by atoms with Gasteiger partial charge in [0.05, 0.1) is 28.2 Å². The molecular weight excluding hydrogens is 419 g/mol. The zero-order valence-electron chi connectivity index (χ0n) is 15.9. The molecule has 2 aromatic heterocycles. The minimum absolute atomic E-state index is 0.0387.